The summed E-state index contributed by atoms with van der Waals surface area (Å²) in [7, 11) is 0. The van der Waals surface area contributed by atoms with Crippen LogP contribution in [0.4, 0.5) is 10.9 Å². The SMILES string of the molecule is CCNc1nc(N)c(C(=O)NC(C)c2ncc(CC)s2)s1. The monoisotopic (exact) mass is 325 g/mol. The molecule has 0 saturated heterocycles. The van der Waals surface area contributed by atoms with Crippen LogP contribution in [0.2, 0.25) is 0 Å². The van der Waals surface area contributed by atoms with Crippen molar-refractivity contribution >= 4 is 39.5 Å². The quantitative estimate of drug-likeness (QED) is 0.759. The molecular formula is C13H19N5OS2. The molecule has 8 heteroatoms. The second kappa shape index (κ2) is 6.86. The second-order valence-electron chi connectivity index (χ2n) is 4.48. The van der Waals surface area contributed by atoms with Gasteiger partial charge in [-0.15, -0.1) is 11.3 Å². The third-order valence-corrected chi connectivity index (χ3v) is 5.18. The Hall–Kier alpha value is -1.67. The van der Waals surface area contributed by atoms with E-state index < -0.39 is 0 Å². The van der Waals surface area contributed by atoms with E-state index in [1.54, 1.807) is 11.3 Å². The molecule has 0 aliphatic heterocycles. The van der Waals surface area contributed by atoms with Crippen molar-refractivity contribution in [1.82, 2.24) is 15.3 Å². The van der Waals surface area contributed by atoms with Crippen molar-refractivity contribution in [3.8, 4) is 0 Å². The molecule has 0 radical (unpaired) electrons. The number of hydrogen-bond donors (Lipinski definition) is 3. The van der Waals surface area contributed by atoms with Gasteiger partial charge in [0.15, 0.2) is 5.13 Å². The Morgan fingerprint density at radius 1 is 1.43 bits per heavy atom. The van der Waals surface area contributed by atoms with Crippen LogP contribution < -0.4 is 16.4 Å². The van der Waals surface area contributed by atoms with Crippen molar-refractivity contribution < 1.29 is 4.79 Å². The highest BCUT2D eigenvalue weighted by Crippen LogP contribution is 2.26. The normalized spacial score (nSPS) is 12.1. The first kappa shape index (κ1) is 15.7. The van der Waals surface area contributed by atoms with E-state index in [0.29, 0.717) is 10.0 Å². The molecule has 0 aliphatic carbocycles. The Bertz CT molecular complexity index is 622. The first-order valence-corrected chi connectivity index (χ1v) is 8.44. The topological polar surface area (TPSA) is 92.9 Å². The van der Waals surface area contributed by atoms with Crippen molar-refractivity contribution in [2.75, 3.05) is 17.6 Å². The van der Waals surface area contributed by atoms with Gasteiger partial charge < -0.3 is 16.4 Å². The number of hydrogen-bond acceptors (Lipinski definition) is 7. The molecule has 114 valence electrons. The number of carbonyl (C=O) groups excluding carboxylic acids is 1. The van der Waals surface area contributed by atoms with Crippen LogP contribution in [0.1, 0.15) is 46.4 Å². The highest BCUT2D eigenvalue weighted by molar-refractivity contribution is 7.18. The predicted molar refractivity (Wildman–Crippen MR) is 88.1 cm³/mol. The third-order valence-electron chi connectivity index (χ3n) is 2.83. The van der Waals surface area contributed by atoms with E-state index in [1.807, 2.05) is 20.0 Å². The standard InChI is InChI=1S/C13H19N5OS2/c1-4-8-6-16-12(20-8)7(3)17-11(19)9-10(14)18-13(21-9)15-5-2/h6-7H,4-5,14H2,1-3H3,(H,15,18)(H,17,19). The molecule has 2 heterocycles. The minimum Gasteiger partial charge on any atom is -0.382 e. The summed E-state index contributed by atoms with van der Waals surface area (Å²) in [4.78, 5) is 22.4. The molecule has 2 aromatic heterocycles. The van der Waals surface area contributed by atoms with Crippen molar-refractivity contribution in [1.29, 1.82) is 0 Å². The smallest absolute Gasteiger partial charge is 0.265 e. The Morgan fingerprint density at radius 2 is 2.19 bits per heavy atom. The van der Waals surface area contributed by atoms with Gasteiger partial charge in [-0.3, -0.25) is 4.79 Å². The number of nitrogens with zero attached hydrogens (tertiary/aromatic N) is 2. The molecule has 0 saturated carbocycles. The van der Waals surface area contributed by atoms with Crippen LogP contribution in [-0.2, 0) is 6.42 Å². The minimum absolute atomic E-state index is 0.146. The van der Waals surface area contributed by atoms with Gasteiger partial charge in [-0.05, 0) is 20.3 Å². The van der Waals surface area contributed by atoms with Crippen LogP contribution in [0.15, 0.2) is 6.20 Å². The van der Waals surface area contributed by atoms with Crippen LogP contribution in [0.25, 0.3) is 0 Å². The summed E-state index contributed by atoms with van der Waals surface area (Å²) >= 11 is 2.88. The molecule has 0 aliphatic rings. The van der Waals surface area contributed by atoms with Crippen molar-refractivity contribution in [3.05, 3.63) is 21.0 Å². The van der Waals surface area contributed by atoms with Crippen LogP contribution in [0.3, 0.4) is 0 Å². The fourth-order valence-corrected chi connectivity index (χ4v) is 3.45. The number of aryl methyl sites for hydroxylation is 1. The first-order valence-electron chi connectivity index (χ1n) is 6.80. The Morgan fingerprint density at radius 3 is 2.81 bits per heavy atom. The summed E-state index contributed by atoms with van der Waals surface area (Å²) in [6.45, 7) is 6.70. The molecular weight excluding hydrogens is 306 g/mol. The average Bonchev–Trinajstić information content (AvgIpc) is 3.05. The molecule has 2 rings (SSSR count). The number of amides is 1. The zero-order valence-corrected chi connectivity index (χ0v) is 13.9. The molecule has 1 unspecified atom stereocenters. The molecule has 0 spiro atoms. The van der Waals surface area contributed by atoms with Gasteiger partial charge in [0.05, 0.1) is 6.04 Å². The van der Waals surface area contributed by atoms with Crippen molar-refractivity contribution in [3.63, 3.8) is 0 Å². The Kier molecular flexibility index (Phi) is 5.13. The number of thiazole rings is 2. The van der Waals surface area contributed by atoms with Gasteiger partial charge in [0, 0.05) is 17.6 Å². The zero-order chi connectivity index (χ0) is 15.4. The molecule has 2 aromatic rings. The molecule has 21 heavy (non-hydrogen) atoms. The maximum Gasteiger partial charge on any atom is 0.265 e. The molecule has 1 amide bonds. The maximum atomic E-state index is 12.3. The first-order chi connectivity index (χ1) is 10.0. The molecule has 1 atom stereocenters. The summed E-state index contributed by atoms with van der Waals surface area (Å²) < 4.78 is 0. The number of rotatable bonds is 6. The maximum absolute atomic E-state index is 12.3. The highest BCUT2D eigenvalue weighted by atomic mass is 32.1. The summed E-state index contributed by atoms with van der Waals surface area (Å²) in [6.07, 6.45) is 2.80. The van der Waals surface area contributed by atoms with Crippen molar-refractivity contribution in [2.45, 2.75) is 33.2 Å². The minimum atomic E-state index is -0.213. The lowest BCUT2D eigenvalue weighted by atomic mass is 10.3. The van der Waals surface area contributed by atoms with E-state index >= 15 is 0 Å². The van der Waals surface area contributed by atoms with E-state index in [2.05, 4.69) is 27.5 Å². The van der Waals surface area contributed by atoms with Crippen LogP contribution in [0, 0.1) is 0 Å². The number of nitrogens with one attached hydrogen (secondary N) is 2. The number of anilines is 2. The lowest BCUT2D eigenvalue weighted by Gasteiger charge is -2.10. The number of aromatic nitrogens is 2. The summed E-state index contributed by atoms with van der Waals surface area (Å²) in [5.74, 6) is 0.0453. The molecule has 0 fully saturated rings. The van der Waals surface area contributed by atoms with Crippen LogP contribution in [-0.4, -0.2) is 22.4 Å². The third kappa shape index (κ3) is 3.70. The summed E-state index contributed by atoms with van der Waals surface area (Å²) in [5, 5.41) is 7.54. The van der Waals surface area contributed by atoms with Gasteiger partial charge in [-0.1, -0.05) is 18.3 Å². The van der Waals surface area contributed by atoms with Gasteiger partial charge in [0.2, 0.25) is 0 Å². The van der Waals surface area contributed by atoms with Gasteiger partial charge in [0.25, 0.3) is 5.91 Å². The molecule has 4 N–H and O–H groups in total. The fraction of sp³-hybridized carbons (Fsp3) is 0.462. The van der Waals surface area contributed by atoms with Crippen molar-refractivity contribution in [2.24, 2.45) is 0 Å². The lowest BCUT2D eigenvalue weighted by Crippen LogP contribution is -2.26. The van der Waals surface area contributed by atoms with E-state index in [4.69, 9.17) is 5.73 Å². The van der Waals surface area contributed by atoms with Gasteiger partial charge in [-0.2, -0.15) is 0 Å². The lowest BCUT2D eigenvalue weighted by molar-refractivity contribution is 0.0944. The molecule has 0 bridgehead atoms. The van der Waals surface area contributed by atoms with E-state index in [-0.39, 0.29) is 17.8 Å². The summed E-state index contributed by atoms with van der Waals surface area (Å²) in [5.41, 5.74) is 5.80. The van der Waals surface area contributed by atoms with Gasteiger partial charge in [-0.25, -0.2) is 9.97 Å². The number of carbonyl (C=O) groups is 1. The number of nitrogen functional groups attached to an aromatic ring is 1. The number of nitrogens with two attached hydrogens (primary N) is 1. The Labute approximate surface area is 131 Å². The van der Waals surface area contributed by atoms with Gasteiger partial charge in [0.1, 0.15) is 15.7 Å². The molecule has 0 aromatic carbocycles. The Balaban J connectivity index is 2.06. The largest absolute Gasteiger partial charge is 0.382 e. The highest BCUT2D eigenvalue weighted by Gasteiger charge is 2.19. The predicted octanol–water partition coefficient (Wildman–Crippen LogP) is 2.67. The van der Waals surface area contributed by atoms with E-state index in [9.17, 15) is 4.79 Å². The average molecular weight is 325 g/mol. The zero-order valence-electron chi connectivity index (χ0n) is 12.3. The van der Waals surface area contributed by atoms with Crippen LogP contribution >= 0.6 is 22.7 Å². The molecule has 6 nitrogen and oxygen atoms in total. The van der Waals surface area contributed by atoms with Crippen LogP contribution in [0.5, 0.6) is 0 Å². The van der Waals surface area contributed by atoms with E-state index in [1.165, 1.54) is 16.2 Å². The van der Waals surface area contributed by atoms with Gasteiger partial charge >= 0.3 is 0 Å². The van der Waals surface area contributed by atoms with E-state index in [0.717, 1.165) is 18.0 Å². The summed E-state index contributed by atoms with van der Waals surface area (Å²) in [6, 6.07) is -0.146. The second-order valence-corrected chi connectivity index (χ2v) is 6.62. The fourth-order valence-electron chi connectivity index (χ4n) is 1.73.